The first-order valence-electron chi connectivity index (χ1n) is 36.5. The summed E-state index contributed by atoms with van der Waals surface area (Å²) in [5.41, 5.74) is 0. The molecule has 6 nitrogen and oxygen atoms in total. The van der Waals surface area contributed by atoms with Gasteiger partial charge in [0.1, 0.15) is 13.2 Å². The standard InChI is InChI=1S/C75H140O6/c1-4-7-10-13-16-19-22-25-27-29-31-33-35-36-37-38-39-40-41-43-44-46-48-50-53-56-59-62-65-68-74(77)80-71-72(70-79-73(76)67-64-61-58-55-52-24-21-18-15-12-9-6-3)81-75(78)69-66-63-60-57-54-51-49-47-45-42-34-32-30-28-26-23-20-17-14-11-8-5-2/h22,25,29,31,35-36,72H,4-21,23-24,26-28,30,32-34,37-71H2,1-3H3/b25-22-,31-29-,36-35-. The highest BCUT2D eigenvalue weighted by atomic mass is 16.6. The SMILES string of the molecule is CCCCCCC/C=C\C/C=C\C/C=C\CCCCCCCCCCCCCCCCC(=O)OCC(COC(=O)CCCCCCCCCCCCCC)OC(=O)CCCCCCCCCCCCCCCCCCCCCCCC. The molecule has 0 amide bonds. The molecule has 81 heavy (non-hydrogen) atoms. The van der Waals surface area contributed by atoms with Gasteiger partial charge >= 0.3 is 17.9 Å². The van der Waals surface area contributed by atoms with Gasteiger partial charge in [0.25, 0.3) is 0 Å². The highest BCUT2D eigenvalue weighted by Gasteiger charge is 2.19. The molecule has 6 heteroatoms. The zero-order valence-corrected chi connectivity index (χ0v) is 54.8. The van der Waals surface area contributed by atoms with E-state index in [4.69, 9.17) is 14.2 Å². The Kier molecular flexibility index (Phi) is 68.1. The van der Waals surface area contributed by atoms with E-state index in [-0.39, 0.29) is 31.1 Å². The van der Waals surface area contributed by atoms with Crippen LogP contribution in [0.15, 0.2) is 36.5 Å². The zero-order chi connectivity index (χ0) is 58.5. The second-order valence-electron chi connectivity index (χ2n) is 24.9. The van der Waals surface area contributed by atoms with Crippen molar-refractivity contribution in [3.63, 3.8) is 0 Å². The lowest BCUT2D eigenvalue weighted by Crippen LogP contribution is -2.30. The van der Waals surface area contributed by atoms with Crippen molar-refractivity contribution in [1.82, 2.24) is 0 Å². The van der Waals surface area contributed by atoms with Gasteiger partial charge in [0, 0.05) is 19.3 Å². The summed E-state index contributed by atoms with van der Waals surface area (Å²) >= 11 is 0. The van der Waals surface area contributed by atoms with Gasteiger partial charge in [-0.1, -0.05) is 365 Å². The number of allylic oxidation sites excluding steroid dienone is 6. The van der Waals surface area contributed by atoms with Crippen molar-refractivity contribution < 1.29 is 28.6 Å². The van der Waals surface area contributed by atoms with E-state index in [1.807, 2.05) is 0 Å². The van der Waals surface area contributed by atoms with Crippen LogP contribution >= 0.6 is 0 Å². The maximum atomic E-state index is 13.0. The lowest BCUT2D eigenvalue weighted by atomic mass is 10.0. The number of unbranched alkanes of at least 4 members (excludes halogenated alkanes) is 51. The van der Waals surface area contributed by atoms with Gasteiger partial charge in [-0.05, 0) is 57.8 Å². The molecule has 0 spiro atoms. The first kappa shape index (κ1) is 78.6. The molecule has 476 valence electrons. The molecule has 0 heterocycles. The predicted octanol–water partition coefficient (Wildman–Crippen LogP) is 25.1. The van der Waals surface area contributed by atoms with E-state index >= 15 is 0 Å². The van der Waals surface area contributed by atoms with Gasteiger partial charge in [-0.15, -0.1) is 0 Å². The molecular formula is C75H140O6. The van der Waals surface area contributed by atoms with Gasteiger partial charge in [0.2, 0.25) is 0 Å². The predicted molar refractivity (Wildman–Crippen MR) is 353 cm³/mol. The number of hydrogen-bond acceptors (Lipinski definition) is 6. The summed E-state index contributed by atoms with van der Waals surface area (Å²) in [6, 6.07) is 0. The van der Waals surface area contributed by atoms with Gasteiger partial charge in [0.15, 0.2) is 6.10 Å². The molecule has 0 aromatic carbocycles. The average molecular weight is 1140 g/mol. The van der Waals surface area contributed by atoms with Crippen molar-refractivity contribution >= 4 is 17.9 Å². The molecule has 0 radical (unpaired) electrons. The van der Waals surface area contributed by atoms with Gasteiger partial charge in [-0.3, -0.25) is 14.4 Å². The molecule has 0 aliphatic carbocycles. The van der Waals surface area contributed by atoms with E-state index in [1.165, 1.54) is 295 Å². The first-order valence-corrected chi connectivity index (χ1v) is 36.5. The second kappa shape index (κ2) is 70.1. The summed E-state index contributed by atoms with van der Waals surface area (Å²) in [6.07, 6.45) is 87.5. The van der Waals surface area contributed by atoms with E-state index < -0.39 is 6.10 Å². The molecular weight excluding hydrogens is 997 g/mol. The van der Waals surface area contributed by atoms with Gasteiger partial charge < -0.3 is 14.2 Å². The summed E-state index contributed by atoms with van der Waals surface area (Å²) in [7, 11) is 0. The number of esters is 3. The number of rotatable bonds is 68. The van der Waals surface area contributed by atoms with Crippen molar-refractivity contribution in [3.05, 3.63) is 36.5 Å². The minimum absolute atomic E-state index is 0.0652. The first-order chi connectivity index (χ1) is 40.0. The van der Waals surface area contributed by atoms with Crippen molar-refractivity contribution in [2.45, 2.75) is 412 Å². The molecule has 0 fully saturated rings. The van der Waals surface area contributed by atoms with Gasteiger partial charge in [-0.25, -0.2) is 0 Å². The van der Waals surface area contributed by atoms with Crippen molar-refractivity contribution in [2.24, 2.45) is 0 Å². The van der Waals surface area contributed by atoms with Crippen LogP contribution in [0.2, 0.25) is 0 Å². The molecule has 0 saturated heterocycles. The molecule has 0 bridgehead atoms. The quantitative estimate of drug-likeness (QED) is 0.0261. The third-order valence-corrected chi connectivity index (χ3v) is 16.6. The van der Waals surface area contributed by atoms with Crippen LogP contribution in [0.5, 0.6) is 0 Å². The number of carbonyl (C=O) groups is 3. The number of hydrogen-bond donors (Lipinski definition) is 0. The Morgan fingerprint density at radius 1 is 0.247 bits per heavy atom. The molecule has 0 rings (SSSR count). The largest absolute Gasteiger partial charge is 0.462 e. The van der Waals surface area contributed by atoms with Crippen LogP contribution in [-0.2, 0) is 28.6 Å². The summed E-state index contributed by atoms with van der Waals surface area (Å²) in [6.45, 7) is 6.70. The maximum Gasteiger partial charge on any atom is 0.306 e. The highest BCUT2D eigenvalue weighted by molar-refractivity contribution is 5.71. The second-order valence-corrected chi connectivity index (χ2v) is 24.9. The third kappa shape index (κ3) is 68.3. The summed E-state index contributed by atoms with van der Waals surface area (Å²) in [4.78, 5) is 38.4. The van der Waals surface area contributed by atoms with Crippen molar-refractivity contribution in [3.8, 4) is 0 Å². The molecule has 1 unspecified atom stereocenters. The van der Waals surface area contributed by atoms with Crippen LogP contribution in [0.3, 0.4) is 0 Å². The zero-order valence-electron chi connectivity index (χ0n) is 54.8. The fourth-order valence-electron chi connectivity index (χ4n) is 11.2. The van der Waals surface area contributed by atoms with Crippen LogP contribution in [0.25, 0.3) is 0 Å². The molecule has 0 aliphatic rings. The normalized spacial score (nSPS) is 12.2. The Bertz CT molecular complexity index is 1350. The van der Waals surface area contributed by atoms with Crippen LogP contribution in [0, 0.1) is 0 Å². The minimum Gasteiger partial charge on any atom is -0.462 e. The Morgan fingerprint density at radius 3 is 0.691 bits per heavy atom. The van der Waals surface area contributed by atoms with Crippen molar-refractivity contribution in [1.29, 1.82) is 0 Å². The Balaban J connectivity index is 4.18. The monoisotopic (exact) mass is 1140 g/mol. The number of carbonyl (C=O) groups excluding carboxylic acids is 3. The Labute approximate surface area is 506 Å². The van der Waals surface area contributed by atoms with E-state index in [1.54, 1.807) is 0 Å². The fraction of sp³-hybridized carbons (Fsp3) is 0.880. The summed E-state index contributed by atoms with van der Waals surface area (Å²) in [5, 5.41) is 0. The smallest absolute Gasteiger partial charge is 0.306 e. The van der Waals surface area contributed by atoms with E-state index in [2.05, 4.69) is 57.2 Å². The molecule has 0 aromatic heterocycles. The van der Waals surface area contributed by atoms with Gasteiger partial charge in [-0.2, -0.15) is 0 Å². The van der Waals surface area contributed by atoms with Crippen LogP contribution in [0.1, 0.15) is 406 Å². The Morgan fingerprint density at radius 2 is 0.444 bits per heavy atom. The minimum atomic E-state index is -0.768. The molecule has 0 aromatic rings. The molecule has 0 N–H and O–H groups in total. The fourth-order valence-corrected chi connectivity index (χ4v) is 11.2. The van der Waals surface area contributed by atoms with E-state index in [9.17, 15) is 14.4 Å². The molecule has 1 atom stereocenters. The van der Waals surface area contributed by atoms with Crippen LogP contribution < -0.4 is 0 Å². The van der Waals surface area contributed by atoms with Gasteiger partial charge in [0.05, 0.1) is 0 Å². The van der Waals surface area contributed by atoms with E-state index in [0.717, 1.165) is 70.6 Å². The van der Waals surface area contributed by atoms with Crippen molar-refractivity contribution in [2.75, 3.05) is 13.2 Å². The topological polar surface area (TPSA) is 78.9 Å². The molecule has 0 aliphatic heterocycles. The van der Waals surface area contributed by atoms with Crippen LogP contribution in [-0.4, -0.2) is 37.2 Å². The lowest BCUT2D eigenvalue weighted by Gasteiger charge is -2.18. The Hall–Kier alpha value is -2.37. The highest BCUT2D eigenvalue weighted by Crippen LogP contribution is 2.19. The third-order valence-electron chi connectivity index (χ3n) is 16.6. The molecule has 0 saturated carbocycles. The van der Waals surface area contributed by atoms with E-state index in [0.29, 0.717) is 19.3 Å². The average Bonchev–Trinajstić information content (AvgIpc) is 3.47. The maximum absolute atomic E-state index is 13.0. The summed E-state index contributed by atoms with van der Waals surface area (Å²) < 4.78 is 17.0. The lowest BCUT2D eigenvalue weighted by molar-refractivity contribution is -0.167. The number of ether oxygens (including phenoxy) is 3. The summed E-state index contributed by atoms with van der Waals surface area (Å²) in [5.74, 6) is -0.834. The van der Waals surface area contributed by atoms with Crippen LogP contribution in [0.4, 0.5) is 0 Å².